The molecule has 1 saturated heterocycles. The van der Waals surface area contributed by atoms with Crippen molar-refractivity contribution < 1.29 is 8.95 Å². The van der Waals surface area contributed by atoms with Gasteiger partial charge in [0.2, 0.25) is 0 Å². The van der Waals surface area contributed by atoms with Gasteiger partial charge in [-0.25, -0.2) is 14.2 Å². The van der Waals surface area contributed by atoms with Gasteiger partial charge in [-0.15, -0.1) is 0 Å². The summed E-state index contributed by atoms with van der Waals surface area (Å²) < 4.78 is 23.0. The minimum absolute atomic E-state index is 0.183. The third kappa shape index (κ3) is 4.11. The third-order valence-corrected chi connectivity index (χ3v) is 7.21. The van der Waals surface area contributed by atoms with E-state index < -0.39 is 9.73 Å². The Morgan fingerprint density at radius 2 is 2.11 bits per heavy atom. The topological polar surface area (TPSA) is 80.6 Å². The Labute approximate surface area is 160 Å². The summed E-state index contributed by atoms with van der Waals surface area (Å²) in [4.78, 5) is 15.9. The van der Waals surface area contributed by atoms with Crippen LogP contribution < -0.4 is 4.90 Å². The van der Waals surface area contributed by atoms with E-state index in [0.717, 1.165) is 36.5 Å². The minimum atomic E-state index is -2.28. The highest BCUT2D eigenvalue weighted by Gasteiger charge is 2.31. The number of morpholine rings is 1. The molecule has 4 rings (SSSR count). The molecule has 0 amide bonds. The van der Waals surface area contributed by atoms with Gasteiger partial charge in [0.05, 0.1) is 29.0 Å². The van der Waals surface area contributed by atoms with Crippen LogP contribution in [0.3, 0.4) is 0 Å². The number of aryl methyl sites for hydroxylation is 1. The summed E-state index contributed by atoms with van der Waals surface area (Å²) in [6, 6.07) is 5.95. The van der Waals surface area contributed by atoms with Crippen molar-refractivity contribution in [3.63, 3.8) is 0 Å². The number of aromatic nitrogens is 3. The normalized spacial score (nSPS) is 22.3. The molecule has 0 bridgehead atoms. The van der Waals surface area contributed by atoms with Crippen molar-refractivity contribution in [3.8, 4) is 11.4 Å². The van der Waals surface area contributed by atoms with E-state index in [4.69, 9.17) is 9.72 Å². The van der Waals surface area contributed by atoms with Crippen LogP contribution in [0.2, 0.25) is 0 Å². The molecule has 2 atom stereocenters. The molecule has 0 unspecified atom stereocenters. The van der Waals surface area contributed by atoms with Gasteiger partial charge in [0.25, 0.3) is 0 Å². The lowest BCUT2D eigenvalue weighted by Gasteiger charge is -2.34. The number of rotatable bonds is 4. The molecule has 2 aromatic heterocycles. The predicted octanol–water partition coefficient (Wildman–Crippen LogP) is 2.96. The summed E-state index contributed by atoms with van der Waals surface area (Å²) in [6.45, 7) is 6.13. The zero-order valence-corrected chi connectivity index (χ0v) is 16.8. The van der Waals surface area contributed by atoms with Crippen molar-refractivity contribution in [2.24, 2.45) is 4.36 Å². The molecular formula is C19H25N5O2S. The van der Waals surface area contributed by atoms with E-state index in [2.05, 4.69) is 26.2 Å². The number of anilines is 1. The first kappa shape index (κ1) is 18.3. The van der Waals surface area contributed by atoms with E-state index >= 15 is 0 Å². The fourth-order valence-electron chi connectivity index (χ4n) is 3.18. The molecule has 1 aliphatic heterocycles. The van der Waals surface area contributed by atoms with Crippen molar-refractivity contribution >= 4 is 21.4 Å². The second kappa shape index (κ2) is 7.16. The third-order valence-electron chi connectivity index (χ3n) is 4.95. The average molecular weight is 388 g/mol. The number of nitrogens with zero attached hydrogens (tertiary/aromatic N) is 5. The zero-order chi connectivity index (χ0) is 19.0. The molecule has 3 heterocycles. The summed E-state index contributed by atoms with van der Waals surface area (Å²) >= 11 is 0. The standard InChI is InChI=1S/C19H25N5O2S/c1-13-4-5-15(11-20-13)19-21-17(23-27(3,25)16-6-7-16)10-18(22-19)24-8-9-26-12-14(24)2/h4-5,10-11,14,16H,6-9,12H2,1-3H3/t14-,27-/m1/s1. The lowest BCUT2D eigenvalue weighted by Crippen LogP contribution is -2.44. The van der Waals surface area contributed by atoms with Gasteiger partial charge < -0.3 is 9.64 Å². The molecule has 1 aliphatic carbocycles. The van der Waals surface area contributed by atoms with Crippen LogP contribution in [0, 0.1) is 6.92 Å². The van der Waals surface area contributed by atoms with Gasteiger partial charge in [0, 0.05) is 41.6 Å². The fourth-order valence-corrected chi connectivity index (χ4v) is 4.80. The summed E-state index contributed by atoms with van der Waals surface area (Å²) in [6.07, 6.45) is 5.46. The number of pyridine rings is 1. The SMILES string of the molecule is Cc1ccc(-c2nc(N=[S@](C)(=O)C3CC3)cc(N3CCOC[C@H]3C)n2)cn1. The molecule has 7 nitrogen and oxygen atoms in total. The molecule has 1 saturated carbocycles. The van der Waals surface area contributed by atoms with Gasteiger partial charge >= 0.3 is 0 Å². The van der Waals surface area contributed by atoms with Crippen LogP contribution in [0.5, 0.6) is 0 Å². The van der Waals surface area contributed by atoms with Gasteiger partial charge in [-0.1, -0.05) is 0 Å². The predicted molar refractivity (Wildman–Crippen MR) is 107 cm³/mol. The second-order valence-electron chi connectivity index (χ2n) is 7.37. The Morgan fingerprint density at radius 1 is 1.30 bits per heavy atom. The maximum Gasteiger partial charge on any atom is 0.167 e. The Hall–Kier alpha value is -2.06. The summed E-state index contributed by atoms with van der Waals surface area (Å²) in [5.41, 5.74) is 1.76. The van der Waals surface area contributed by atoms with Crippen LogP contribution in [0.25, 0.3) is 11.4 Å². The summed E-state index contributed by atoms with van der Waals surface area (Å²) in [5, 5.41) is 0.183. The largest absolute Gasteiger partial charge is 0.377 e. The lowest BCUT2D eigenvalue weighted by molar-refractivity contribution is 0.0985. The zero-order valence-electron chi connectivity index (χ0n) is 16.0. The highest BCUT2D eigenvalue weighted by atomic mass is 32.2. The van der Waals surface area contributed by atoms with Crippen LogP contribution in [-0.2, 0) is 14.5 Å². The molecule has 144 valence electrons. The monoisotopic (exact) mass is 387 g/mol. The van der Waals surface area contributed by atoms with Crippen molar-refractivity contribution in [2.45, 2.75) is 38.0 Å². The Bertz CT molecular complexity index is 949. The van der Waals surface area contributed by atoms with Crippen LogP contribution in [0.1, 0.15) is 25.5 Å². The second-order valence-corrected chi connectivity index (χ2v) is 9.94. The maximum absolute atomic E-state index is 12.9. The van der Waals surface area contributed by atoms with Crippen LogP contribution in [0.15, 0.2) is 28.8 Å². The summed E-state index contributed by atoms with van der Waals surface area (Å²) in [5.74, 6) is 1.83. The molecule has 0 spiro atoms. The molecule has 0 N–H and O–H groups in total. The molecule has 27 heavy (non-hydrogen) atoms. The van der Waals surface area contributed by atoms with Crippen molar-refractivity contribution in [2.75, 3.05) is 30.9 Å². The van der Waals surface area contributed by atoms with Gasteiger partial charge in [-0.3, -0.25) is 4.98 Å². The quantitative estimate of drug-likeness (QED) is 0.802. The maximum atomic E-state index is 12.9. The van der Waals surface area contributed by atoms with Crippen LogP contribution in [0.4, 0.5) is 11.6 Å². The first-order valence-electron chi connectivity index (χ1n) is 9.30. The van der Waals surface area contributed by atoms with Gasteiger partial charge in [-0.2, -0.15) is 4.36 Å². The lowest BCUT2D eigenvalue weighted by atomic mass is 10.2. The minimum Gasteiger partial charge on any atom is -0.377 e. The molecule has 0 aromatic carbocycles. The van der Waals surface area contributed by atoms with Crippen molar-refractivity contribution in [3.05, 3.63) is 30.1 Å². The van der Waals surface area contributed by atoms with E-state index in [1.54, 1.807) is 12.5 Å². The first-order valence-corrected chi connectivity index (χ1v) is 11.3. The molecule has 2 aliphatic rings. The summed E-state index contributed by atoms with van der Waals surface area (Å²) in [7, 11) is -2.28. The number of hydrogen-bond donors (Lipinski definition) is 0. The van der Waals surface area contributed by atoms with Crippen molar-refractivity contribution in [1.29, 1.82) is 0 Å². The van der Waals surface area contributed by atoms with E-state index in [-0.39, 0.29) is 11.3 Å². The van der Waals surface area contributed by atoms with E-state index in [1.165, 1.54) is 0 Å². The molecule has 2 aromatic rings. The number of ether oxygens (including phenoxy) is 1. The van der Waals surface area contributed by atoms with Gasteiger partial charge in [-0.05, 0) is 38.8 Å². The molecule has 8 heteroatoms. The Morgan fingerprint density at radius 3 is 2.78 bits per heavy atom. The van der Waals surface area contributed by atoms with E-state index in [1.807, 2.05) is 25.1 Å². The molecule has 2 fully saturated rings. The molecule has 0 radical (unpaired) electrons. The van der Waals surface area contributed by atoms with Crippen molar-refractivity contribution in [1.82, 2.24) is 15.0 Å². The van der Waals surface area contributed by atoms with Crippen LogP contribution in [-0.4, -0.2) is 56.5 Å². The van der Waals surface area contributed by atoms with Gasteiger partial charge in [0.15, 0.2) is 11.6 Å². The van der Waals surface area contributed by atoms with Gasteiger partial charge in [0.1, 0.15) is 5.82 Å². The Balaban J connectivity index is 1.80. The smallest absolute Gasteiger partial charge is 0.167 e. The van der Waals surface area contributed by atoms with E-state index in [0.29, 0.717) is 24.9 Å². The Kier molecular flexibility index (Phi) is 4.86. The number of hydrogen-bond acceptors (Lipinski definition) is 7. The molecular weight excluding hydrogens is 362 g/mol. The van der Waals surface area contributed by atoms with E-state index in [9.17, 15) is 4.21 Å². The van der Waals surface area contributed by atoms with Crippen LogP contribution >= 0.6 is 0 Å². The highest BCUT2D eigenvalue weighted by Crippen LogP contribution is 2.32. The highest BCUT2D eigenvalue weighted by molar-refractivity contribution is 7.93. The fraction of sp³-hybridized carbons (Fsp3) is 0.526. The average Bonchev–Trinajstić information content (AvgIpc) is 3.48. The first-order chi connectivity index (χ1) is 12.9.